The molecule has 3 rings (SSSR count). The maximum absolute atomic E-state index is 12.3. The van der Waals surface area contributed by atoms with Crippen molar-refractivity contribution in [3.05, 3.63) is 83.6 Å². The number of sulfonamides is 1. The first-order valence-electron chi connectivity index (χ1n) is 8.80. The summed E-state index contributed by atoms with van der Waals surface area (Å²) in [5.41, 5.74) is 2.71. The summed E-state index contributed by atoms with van der Waals surface area (Å²) in [4.78, 5) is 6.71. The van der Waals surface area contributed by atoms with E-state index >= 15 is 0 Å². The minimum Gasteiger partial charge on any atom is -0.496 e. The van der Waals surface area contributed by atoms with E-state index < -0.39 is 10.0 Å². The number of hydrazone groups is 1. The Balaban J connectivity index is 1.71. The maximum atomic E-state index is 12.3. The molecular formula is C21H21N3O3S2. The molecular weight excluding hydrogens is 406 g/mol. The van der Waals surface area contributed by atoms with Crippen molar-refractivity contribution in [2.75, 3.05) is 7.11 Å². The number of aryl methyl sites for hydroxylation is 1. The van der Waals surface area contributed by atoms with E-state index in [4.69, 9.17) is 4.74 Å². The van der Waals surface area contributed by atoms with E-state index in [1.807, 2.05) is 43.3 Å². The van der Waals surface area contributed by atoms with Crippen LogP contribution in [-0.4, -0.2) is 26.7 Å². The first kappa shape index (κ1) is 20.9. The number of thioether (sulfide) groups is 1. The normalized spacial score (nSPS) is 11.5. The number of hydrogen-bond acceptors (Lipinski definition) is 6. The van der Waals surface area contributed by atoms with E-state index in [0.29, 0.717) is 5.75 Å². The number of hydrogen-bond donors (Lipinski definition) is 1. The molecule has 2 aromatic carbocycles. The van der Waals surface area contributed by atoms with Crippen molar-refractivity contribution in [3.8, 4) is 5.75 Å². The maximum Gasteiger partial charge on any atom is 0.276 e. The molecule has 0 aliphatic rings. The van der Waals surface area contributed by atoms with Gasteiger partial charge in [-0.3, -0.25) is 0 Å². The van der Waals surface area contributed by atoms with Crippen molar-refractivity contribution < 1.29 is 13.2 Å². The predicted octanol–water partition coefficient (Wildman–Crippen LogP) is 4.00. The summed E-state index contributed by atoms with van der Waals surface area (Å²) in [6.45, 7) is 1.90. The van der Waals surface area contributed by atoms with E-state index in [0.717, 1.165) is 27.5 Å². The zero-order valence-corrected chi connectivity index (χ0v) is 17.7. The Morgan fingerprint density at radius 1 is 1.14 bits per heavy atom. The van der Waals surface area contributed by atoms with Gasteiger partial charge in [0.25, 0.3) is 10.0 Å². The molecule has 3 aromatic rings. The SMILES string of the molecule is COc1ccc(C=NNS(=O)(=O)c2ccc(C)cc2)cc1CSc1ccccn1. The van der Waals surface area contributed by atoms with Gasteiger partial charge in [0.2, 0.25) is 0 Å². The van der Waals surface area contributed by atoms with Gasteiger partial charge in [-0.15, -0.1) is 11.8 Å². The molecule has 1 aromatic heterocycles. The summed E-state index contributed by atoms with van der Waals surface area (Å²) in [5, 5.41) is 4.82. The van der Waals surface area contributed by atoms with E-state index in [-0.39, 0.29) is 4.90 Å². The van der Waals surface area contributed by atoms with Gasteiger partial charge >= 0.3 is 0 Å². The van der Waals surface area contributed by atoms with Crippen LogP contribution in [0.15, 0.2) is 81.9 Å². The monoisotopic (exact) mass is 427 g/mol. The zero-order valence-electron chi connectivity index (χ0n) is 16.1. The second kappa shape index (κ2) is 9.58. The fourth-order valence-corrected chi connectivity index (χ4v) is 4.15. The van der Waals surface area contributed by atoms with Crippen molar-refractivity contribution in [3.63, 3.8) is 0 Å². The van der Waals surface area contributed by atoms with Crippen LogP contribution in [0.4, 0.5) is 0 Å². The average molecular weight is 428 g/mol. The van der Waals surface area contributed by atoms with Crippen LogP contribution < -0.4 is 9.57 Å². The largest absolute Gasteiger partial charge is 0.496 e. The van der Waals surface area contributed by atoms with Gasteiger partial charge < -0.3 is 4.74 Å². The first-order chi connectivity index (χ1) is 14.0. The van der Waals surface area contributed by atoms with Crippen LogP contribution >= 0.6 is 11.8 Å². The fourth-order valence-electron chi connectivity index (χ4n) is 2.52. The van der Waals surface area contributed by atoms with Gasteiger partial charge in [-0.1, -0.05) is 23.8 Å². The van der Waals surface area contributed by atoms with Gasteiger partial charge in [0, 0.05) is 17.5 Å². The Morgan fingerprint density at radius 2 is 1.93 bits per heavy atom. The highest BCUT2D eigenvalue weighted by Crippen LogP contribution is 2.27. The lowest BCUT2D eigenvalue weighted by Gasteiger charge is -2.09. The Labute approximate surface area is 175 Å². The first-order valence-corrected chi connectivity index (χ1v) is 11.3. The van der Waals surface area contributed by atoms with Crippen molar-refractivity contribution >= 4 is 28.0 Å². The molecule has 0 amide bonds. The van der Waals surface area contributed by atoms with E-state index in [1.54, 1.807) is 49.3 Å². The molecule has 0 aliphatic carbocycles. The smallest absolute Gasteiger partial charge is 0.276 e. The minimum absolute atomic E-state index is 0.169. The van der Waals surface area contributed by atoms with E-state index in [2.05, 4.69) is 14.9 Å². The Bertz CT molecular complexity index is 1080. The summed E-state index contributed by atoms with van der Waals surface area (Å²) in [6, 6.07) is 17.9. The molecule has 6 nitrogen and oxygen atoms in total. The Hall–Kier alpha value is -2.84. The Morgan fingerprint density at radius 3 is 2.62 bits per heavy atom. The highest BCUT2D eigenvalue weighted by molar-refractivity contribution is 7.98. The molecule has 0 saturated heterocycles. The molecule has 1 N–H and O–H groups in total. The van der Waals surface area contributed by atoms with Gasteiger partial charge in [0.1, 0.15) is 5.75 Å². The Kier molecular flexibility index (Phi) is 6.90. The molecule has 0 radical (unpaired) electrons. The number of nitrogens with one attached hydrogen (secondary N) is 1. The minimum atomic E-state index is -3.70. The van der Waals surface area contributed by atoms with Crippen molar-refractivity contribution in [2.45, 2.75) is 22.6 Å². The lowest BCUT2D eigenvalue weighted by atomic mass is 10.1. The average Bonchev–Trinajstić information content (AvgIpc) is 2.73. The van der Waals surface area contributed by atoms with Crippen LogP contribution in [0.3, 0.4) is 0 Å². The van der Waals surface area contributed by atoms with Crippen LogP contribution in [0.1, 0.15) is 16.7 Å². The van der Waals surface area contributed by atoms with Gasteiger partial charge in [-0.05, 0) is 55.0 Å². The van der Waals surface area contributed by atoms with Crippen molar-refractivity contribution in [1.82, 2.24) is 9.82 Å². The number of methoxy groups -OCH3 is 1. The molecule has 0 aliphatic heterocycles. The van der Waals surface area contributed by atoms with Gasteiger partial charge in [0.05, 0.1) is 23.2 Å². The second-order valence-electron chi connectivity index (χ2n) is 6.19. The molecule has 0 fully saturated rings. The summed E-state index contributed by atoms with van der Waals surface area (Å²) < 4.78 is 30.0. The summed E-state index contributed by atoms with van der Waals surface area (Å²) in [5.74, 6) is 1.42. The molecule has 0 bridgehead atoms. The fraction of sp³-hybridized carbons (Fsp3) is 0.143. The quantitative estimate of drug-likeness (QED) is 0.334. The number of benzene rings is 2. The molecule has 0 spiro atoms. The number of nitrogens with zero attached hydrogens (tertiary/aromatic N) is 2. The van der Waals surface area contributed by atoms with E-state index in [9.17, 15) is 8.42 Å². The van der Waals surface area contributed by atoms with E-state index in [1.165, 1.54) is 6.21 Å². The van der Waals surface area contributed by atoms with Crippen LogP contribution in [0.2, 0.25) is 0 Å². The third-order valence-corrected chi connectivity index (χ3v) is 6.27. The van der Waals surface area contributed by atoms with Crippen molar-refractivity contribution in [1.29, 1.82) is 0 Å². The molecule has 0 atom stereocenters. The predicted molar refractivity (Wildman–Crippen MR) is 116 cm³/mol. The van der Waals surface area contributed by atoms with Crippen molar-refractivity contribution in [2.24, 2.45) is 5.10 Å². The number of rotatable bonds is 8. The molecule has 0 unspecified atom stereocenters. The summed E-state index contributed by atoms with van der Waals surface area (Å²) >= 11 is 1.59. The molecule has 8 heteroatoms. The van der Waals surface area contributed by atoms with Gasteiger partial charge in [-0.2, -0.15) is 13.5 Å². The highest BCUT2D eigenvalue weighted by atomic mass is 32.2. The number of aromatic nitrogens is 1. The lowest BCUT2D eigenvalue weighted by Crippen LogP contribution is -2.18. The van der Waals surface area contributed by atoms with Gasteiger partial charge in [-0.25, -0.2) is 9.82 Å². The standard InChI is InChI=1S/C21H21N3O3S2/c1-16-6-9-19(10-7-16)29(25,26)24-23-14-17-8-11-20(27-2)18(13-17)15-28-21-5-3-4-12-22-21/h3-14,24H,15H2,1-2H3. The highest BCUT2D eigenvalue weighted by Gasteiger charge is 2.12. The third-order valence-electron chi connectivity index (χ3n) is 4.04. The summed E-state index contributed by atoms with van der Waals surface area (Å²) in [6.07, 6.45) is 3.23. The zero-order chi connectivity index (χ0) is 20.7. The number of ether oxygens (including phenoxy) is 1. The molecule has 150 valence electrons. The second-order valence-corrected chi connectivity index (χ2v) is 8.85. The van der Waals surface area contributed by atoms with Crippen LogP contribution in [0, 0.1) is 6.92 Å². The van der Waals surface area contributed by atoms with Gasteiger partial charge in [0.15, 0.2) is 0 Å². The molecule has 29 heavy (non-hydrogen) atoms. The topological polar surface area (TPSA) is 80.6 Å². The number of pyridine rings is 1. The lowest BCUT2D eigenvalue weighted by molar-refractivity contribution is 0.411. The molecule has 0 saturated carbocycles. The third kappa shape index (κ3) is 5.82. The summed E-state index contributed by atoms with van der Waals surface area (Å²) in [7, 11) is -2.08. The van der Waals surface area contributed by atoms with Crippen LogP contribution in [-0.2, 0) is 15.8 Å². The van der Waals surface area contributed by atoms with Crippen LogP contribution in [0.25, 0.3) is 0 Å². The molecule has 1 heterocycles. The van der Waals surface area contributed by atoms with Crippen LogP contribution in [0.5, 0.6) is 5.75 Å².